The number of nitrogen functional groups attached to an aromatic ring is 1. The molecule has 6 nitrogen and oxygen atoms in total. The molecule has 0 amide bonds. The van der Waals surface area contributed by atoms with Crippen LogP contribution in [0.1, 0.15) is 5.56 Å². The normalized spacial score (nSPS) is 11.2. The van der Waals surface area contributed by atoms with Crippen LogP contribution in [0.4, 0.5) is 5.69 Å². The third kappa shape index (κ3) is 3.57. The van der Waals surface area contributed by atoms with Crippen molar-refractivity contribution in [1.29, 1.82) is 5.26 Å². The van der Waals surface area contributed by atoms with Crippen molar-refractivity contribution in [2.75, 3.05) is 32.5 Å². The summed E-state index contributed by atoms with van der Waals surface area (Å²) in [6, 6.07) is 5.99. The summed E-state index contributed by atoms with van der Waals surface area (Å²) in [5.74, 6) is 0. The van der Waals surface area contributed by atoms with Crippen molar-refractivity contribution in [3.05, 3.63) is 36.4 Å². The van der Waals surface area contributed by atoms with E-state index in [0.717, 1.165) is 0 Å². The Bertz CT molecular complexity index is 620. The maximum atomic E-state index is 12.5. The second-order valence-electron chi connectivity index (χ2n) is 4.01. The summed E-state index contributed by atoms with van der Waals surface area (Å²) < 4.78 is 31.2. The molecule has 0 saturated carbocycles. The molecular weight excluding hydrogens is 278 g/mol. The van der Waals surface area contributed by atoms with Crippen LogP contribution in [0.5, 0.6) is 0 Å². The van der Waals surface area contributed by atoms with Gasteiger partial charge in [0.2, 0.25) is 10.0 Å². The lowest BCUT2D eigenvalue weighted by Gasteiger charge is -2.21. The quantitative estimate of drug-likeness (QED) is 0.597. The largest absolute Gasteiger partial charge is 0.399 e. The first-order chi connectivity index (χ1) is 9.47. The van der Waals surface area contributed by atoms with Crippen LogP contribution in [0.25, 0.3) is 0 Å². The number of benzene rings is 1. The number of methoxy groups -OCH3 is 1. The van der Waals surface area contributed by atoms with Gasteiger partial charge in [-0.1, -0.05) is 6.08 Å². The Morgan fingerprint density at radius 2 is 2.25 bits per heavy atom. The summed E-state index contributed by atoms with van der Waals surface area (Å²) in [6.45, 7) is 4.11. The Kier molecular flexibility index (Phi) is 5.70. The van der Waals surface area contributed by atoms with E-state index in [-0.39, 0.29) is 30.2 Å². The molecule has 0 unspecified atom stereocenters. The van der Waals surface area contributed by atoms with Gasteiger partial charge in [-0.3, -0.25) is 0 Å². The van der Waals surface area contributed by atoms with Gasteiger partial charge in [0, 0.05) is 25.9 Å². The molecular formula is C13H17N3O3S. The van der Waals surface area contributed by atoms with Crippen LogP contribution in [0.3, 0.4) is 0 Å². The van der Waals surface area contributed by atoms with Gasteiger partial charge in [0.1, 0.15) is 11.0 Å². The van der Waals surface area contributed by atoms with Gasteiger partial charge in [-0.15, -0.1) is 6.58 Å². The van der Waals surface area contributed by atoms with Gasteiger partial charge in [-0.25, -0.2) is 8.42 Å². The molecule has 2 N–H and O–H groups in total. The SMILES string of the molecule is C=CCN(CCOC)S(=O)(=O)c1ccc(N)cc1C#N. The van der Waals surface area contributed by atoms with E-state index in [1.165, 1.54) is 35.7 Å². The zero-order valence-electron chi connectivity index (χ0n) is 11.2. The number of hydrogen-bond acceptors (Lipinski definition) is 5. The molecule has 1 rings (SSSR count). The van der Waals surface area contributed by atoms with Gasteiger partial charge in [0.25, 0.3) is 0 Å². The fourth-order valence-electron chi connectivity index (χ4n) is 1.65. The lowest BCUT2D eigenvalue weighted by atomic mass is 10.2. The third-order valence-electron chi connectivity index (χ3n) is 2.62. The summed E-state index contributed by atoms with van der Waals surface area (Å²) in [6.07, 6.45) is 1.48. The number of rotatable bonds is 7. The zero-order valence-corrected chi connectivity index (χ0v) is 12.1. The van der Waals surface area contributed by atoms with Crippen molar-refractivity contribution < 1.29 is 13.2 Å². The second kappa shape index (κ2) is 7.05. The van der Waals surface area contributed by atoms with Crippen molar-refractivity contribution in [3.63, 3.8) is 0 Å². The first-order valence-corrected chi connectivity index (χ1v) is 7.31. The van der Waals surface area contributed by atoms with E-state index in [9.17, 15) is 8.42 Å². The Morgan fingerprint density at radius 3 is 2.80 bits per heavy atom. The maximum absolute atomic E-state index is 12.5. The highest BCUT2D eigenvalue weighted by Crippen LogP contribution is 2.22. The minimum absolute atomic E-state index is 0.0245. The molecule has 0 aliphatic heterocycles. The lowest BCUT2D eigenvalue weighted by Crippen LogP contribution is -2.34. The molecule has 0 aromatic heterocycles. The number of nitriles is 1. The molecule has 0 radical (unpaired) electrons. The molecule has 0 atom stereocenters. The van der Waals surface area contributed by atoms with E-state index in [2.05, 4.69) is 6.58 Å². The van der Waals surface area contributed by atoms with Crippen molar-refractivity contribution >= 4 is 15.7 Å². The number of anilines is 1. The van der Waals surface area contributed by atoms with E-state index in [4.69, 9.17) is 15.7 Å². The first kappa shape index (κ1) is 16.2. The smallest absolute Gasteiger partial charge is 0.244 e. The number of nitrogens with zero attached hydrogens (tertiary/aromatic N) is 2. The van der Waals surface area contributed by atoms with Gasteiger partial charge in [-0.2, -0.15) is 9.57 Å². The van der Waals surface area contributed by atoms with Gasteiger partial charge in [0.05, 0.1) is 12.2 Å². The van der Waals surface area contributed by atoms with E-state index < -0.39 is 10.0 Å². The van der Waals surface area contributed by atoms with Crippen LogP contribution in [-0.2, 0) is 14.8 Å². The van der Waals surface area contributed by atoms with Gasteiger partial charge in [0.15, 0.2) is 0 Å². The summed E-state index contributed by atoms with van der Waals surface area (Å²) in [4.78, 5) is -0.0628. The van der Waals surface area contributed by atoms with Crippen LogP contribution in [0, 0.1) is 11.3 Å². The predicted octanol–water partition coefficient (Wildman–Crippen LogP) is 0.964. The molecule has 0 heterocycles. The Balaban J connectivity index is 3.26. The van der Waals surface area contributed by atoms with E-state index in [0.29, 0.717) is 5.69 Å². The molecule has 108 valence electrons. The zero-order chi connectivity index (χ0) is 15.2. The number of ether oxygens (including phenoxy) is 1. The number of hydrogen-bond donors (Lipinski definition) is 1. The predicted molar refractivity (Wildman–Crippen MR) is 76.4 cm³/mol. The lowest BCUT2D eigenvalue weighted by molar-refractivity contribution is 0.182. The molecule has 0 aliphatic carbocycles. The van der Waals surface area contributed by atoms with Crippen LogP contribution in [-0.4, -0.2) is 39.5 Å². The molecule has 0 spiro atoms. The van der Waals surface area contributed by atoms with Crippen LogP contribution in [0.2, 0.25) is 0 Å². The monoisotopic (exact) mass is 295 g/mol. The van der Waals surface area contributed by atoms with Gasteiger partial charge >= 0.3 is 0 Å². The molecule has 7 heteroatoms. The minimum atomic E-state index is -3.79. The minimum Gasteiger partial charge on any atom is -0.399 e. The molecule has 1 aromatic carbocycles. The van der Waals surface area contributed by atoms with Crippen molar-refractivity contribution in [2.45, 2.75) is 4.90 Å². The Hall–Kier alpha value is -1.88. The highest BCUT2D eigenvalue weighted by Gasteiger charge is 2.26. The van der Waals surface area contributed by atoms with Crippen molar-refractivity contribution in [3.8, 4) is 6.07 Å². The fourth-order valence-corrected chi connectivity index (χ4v) is 3.16. The Labute approximate surface area is 119 Å². The number of sulfonamides is 1. The third-order valence-corrected chi connectivity index (χ3v) is 4.54. The highest BCUT2D eigenvalue weighted by atomic mass is 32.2. The molecule has 0 saturated heterocycles. The van der Waals surface area contributed by atoms with E-state index in [1.54, 1.807) is 0 Å². The van der Waals surface area contributed by atoms with E-state index >= 15 is 0 Å². The summed E-state index contributed by atoms with van der Waals surface area (Å²) in [5.41, 5.74) is 5.93. The molecule has 0 fully saturated rings. The van der Waals surface area contributed by atoms with Gasteiger partial charge < -0.3 is 10.5 Å². The molecule has 20 heavy (non-hydrogen) atoms. The van der Waals surface area contributed by atoms with E-state index in [1.807, 2.05) is 6.07 Å². The second-order valence-corrected chi connectivity index (χ2v) is 5.92. The average Bonchev–Trinajstić information content (AvgIpc) is 2.42. The molecule has 0 bridgehead atoms. The first-order valence-electron chi connectivity index (χ1n) is 5.87. The molecule has 1 aromatic rings. The van der Waals surface area contributed by atoms with Gasteiger partial charge in [-0.05, 0) is 18.2 Å². The fraction of sp³-hybridized carbons (Fsp3) is 0.308. The van der Waals surface area contributed by atoms with Crippen LogP contribution < -0.4 is 5.73 Å². The Morgan fingerprint density at radius 1 is 1.55 bits per heavy atom. The standard InChI is InChI=1S/C13H17N3O3S/c1-3-6-16(7-8-19-2)20(17,18)13-5-4-12(15)9-11(13)10-14/h3-5,9H,1,6-8,15H2,2H3. The van der Waals surface area contributed by atoms with Crippen LogP contribution in [0.15, 0.2) is 35.7 Å². The summed E-state index contributed by atoms with van der Waals surface area (Å²) >= 11 is 0. The number of nitrogens with two attached hydrogens (primary N) is 1. The van der Waals surface area contributed by atoms with Crippen molar-refractivity contribution in [2.24, 2.45) is 0 Å². The molecule has 0 aliphatic rings. The highest BCUT2D eigenvalue weighted by molar-refractivity contribution is 7.89. The summed E-state index contributed by atoms with van der Waals surface area (Å²) in [7, 11) is -2.30. The summed E-state index contributed by atoms with van der Waals surface area (Å²) in [5, 5.41) is 9.06. The topological polar surface area (TPSA) is 96.4 Å². The maximum Gasteiger partial charge on any atom is 0.244 e. The van der Waals surface area contributed by atoms with Crippen LogP contribution >= 0.6 is 0 Å². The van der Waals surface area contributed by atoms with Crippen molar-refractivity contribution in [1.82, 2.24) is 4.31 Å². The average molecular weight is 295 g/mol.